The van der Waals surface area contributed by atoms with Gasteiger partial charge in [0.1, 0.15) is 6.04 Å². The molecule has 0 unspecified atom stereocenters. The largest absolute Gasteiger partial charge is 0.466 e. The molecular weight excluding hydrogens is 142 g/mol. The van der Waals surface area contributed by atoms with E-state index >= 15 is 0 Å². The van der Waals surface area contributed by atoms with Crippen LogP contribution >= 0.6 is 0 Å². The second-order valence-corrected chi connectivity index (χ2v) is 2.71. The number of carbonyl (C=O) groups excluding carboxylic acids is 1. The fourth-order valence-corrected chi connectivity index (χ4v) is 1.25. The summed E-state index contributed by atoms with van der Waals surface area (Å²) in [4.78, 5) is 10.6. The van der Waals surface area contributed by atoms with Gasteiger partial charge in [-0.2, -0.15) is 0 Å². The highest BCUT2D eigenvalue weighted by molar-refractivity contribution is 5.81. The van der Waals surface area contributed by atoms with E-state index in [0.717, 1.165) is 0 Å². The van der Waals surface area contributed by atoms with Crippen molar-refractivity contribution in [3.8, 4) is 0 Å². The van der Waals surface area contributed by atoms with Crippen molar-refractivity contribution in [3.63, 3.8) is 0 Å². The van der Waals surface area contributed by atoms with E-state index in [1.54, 1.807) is 0 Å². The normalized spacial score (nSPS) is 24.3. The number of rotatable bonds is 2. The van der Waals surface area contributed by atoms with Crippen molar-refractivity contribution in [2.75, 3.05) is 13.7 Å². The minimum absolute atomic E-state index is 0.259. The molecule has 3 heteroatoms. The summed E-state index contributed by atoms with van der Waals surface area (Å²) in [5.74, 6) is -0.259. The monoisotopic (exact) mass is 156 g/mol. The molecule has 1 atom stereocenters. The third-order valence-electron chi connectivity index (χ3n) is 1.89. The molecule has 0 bridgehead atoms. The summed E-state index contributed by atoms with van der Waals surface area (Å²) in [5.41, 5.74) is 0. The number of nitrogens with two attached hydrogens (primary N) is 1. The molecule has 0 spiro atoms. The molecule has 11 heavy (non-hydrogen) atoms. The summed E-state index contributed by atoms with van der Waals surface area (Å²) < 4.78 is 4.47. The van der Waals surface area contributed by atoms with E-state index in [0.29, 0.717) is 6.04 Å². The smallest absolute Gasteiger partial charge is 0.330 e. The lowest BCUT2D eigenvalue weighted by molar-refractivity contribution is -0.659. The van der Waals surface area contributed by atoms with Crippen LogP contribution in [0.2, 0.25) is 0 Å². The standard InChI is InChI=1S/C8H13NO2/c1-11-8(10)5-4-7-3-2-6-9-7/h4-5,7,9H,2-3,6H2,1H3/p+1/b5-4+/t7-/m0/s1. The first-order chi connectivity index (χ1) is 5.33. The Morgan fingerprint density at radius 3 is 3.09 bits per heavy atom. The van der Waals surface area contributed by atoms with E-state index < -0.39 is 0 Å². The van der Waals surface area contributed by atoms with Crippen LogP contribution in [0.15, 0.2) is 12.2 Å². The number of methoxy groups -OCH3 is 1. The Morgan fingerprint density at radius 1 is 1.73 bits per heavy atom. The number of hydrogen-bond donors (Lipinski definition) is 1. The molecule has 0 aliphatic carbocycles. The first-order valence-electron chi connectivity index (χ1n) is 3.92. The molecule has 1 rings (SSSR count). The zero-order valence-electron chi connectivity index (χ0n) is 6.75. The molecule has 0 saturated carbocycles. The molecule has 1 fully saturated rings. The number of hydrogen-bond acceptors (Lipinski definition) is 2. The van der Waals surface area contributed by atoms with Gasteiger partial charge in [-0.05, 0) is 6.08 Å². The molecule has 62 valence electrons. The highest BCUT2D eigenvalue weighted by Crippen LogP contribution is 1.98. The quantitative estimate of drug-likeness (QED) is 0.430. The first kappa shape index (κ1) is 8.27. The summed E-state index contributed by atoms with van der Waals surface area (Å²) in [6, 6.07) is 0.495. The Hall–Kier alpha value is -0.830. The van der Waals surface area contributed by atoms with Gasteiger partial charge in [-0.3, -0.25) is 0 Å². The second kappa shape index (κ2) is 4.13. The van der Waals surface area contributed by atoms with Crippen LogP contribution in [0.5, 0.6) is 0 Å². The number of ether oxygens (including phenoxy) is 1. The Kier molecular flexibility index (Phi) is 3.11. The van der Waals surface area contributed by atoms with Crippen LogP contribution in [0.1, 0.15) is 12.8 Å². The maximum atomic E-state index is 10.6. The topological polar surface area (TPSA) is 42.9 Å². The fraction of sp³-hybridized carbons (Fsp3) is 0.625. The minimum Gasteiger partial charge on any atom is -0.466 e. The van der Waals surface area contributed by atoms with Crippen molar-refractivity contribution in [2.45, 2.75) is 18.9 Å². The first-order valence-corrected chi connectivity index (χ1v) is 3.92. The van der Waals surface area contributed by atoms with Gasteiger partial charge >= 0.3 is 5.97 Å². The third kappa shape index (κ3) is 2.72. The van der Waals surface area contributed by atoms with Crippen LogP contribution in [-0.4, -0.2) is 25.7 Å². The second-order valence-electron chi connectivity index (χ2n) is 2.71. The average Bonchev–Trinajstić information content (AvgIpc) is 2.52. The van der Waals surface area contributed by atoms with Crippen molar-refractivity contribution in [2.24, 2.45) is 0 Å². The Labute approximate surface area is 66.4 Å². The zero-order chi connectivity index (χ0) is 8.10. The third-order valence-corrected chi connectivity index (χ3v) is 1.89. The van der Waals surface area contributed by atoms with Crippen LogP contribution in [0.3, 0.4) is 0 Å². The van der Waals surface area contributed by atoms with Crippen molar-refractivity contribution in [1.29, 1.82) is 0 Å². The van der Waals surface area contributed by atoms with Gasteiger partial charge in [-0.15, -0.1) is 0 Å². The Morgan fingerprint density at radius 2 is 2.55 bits per heavy atom. The van der Waals surface area contributed by atoms with Gasteiger partial charge in [0.25, 0.3) is 0 Å². The van der Waals surface area contributed by atoms with Crippen molar-refractivity contribution < 1.29 is 14.8 Å². The van der Waals surface area contributed by atoms with Crippen LogP contribution in [0.25, 0.3) is 0 Å². The molecule has 0 amide bonds. The van der Waals surface area contributed by atoms with Gasteiger partial charge in [0, 0.05) is 18.9 Å². The van der Waals surface area contributed by atoms with Crippen LogP contribution in [0, 0.1) is 0 Å². The lowest BCUT2D eigenvalue weighted by Crippen LogP contribution is -2.86. The van der Waals surface area contributed by atoms with E-state index in [9.17, 15) is 4.79 Å². The van der Waals surface area contributed by atoms with Crippen molar-refractivity contribution >= 4 is 5.97 Å². The highest BCUT2D eigenvalue weighted by Gasteiger charge is 2.14. The van der Waals surface area contributed by atoms with Crippen LogP contribution in [0.4, 0.5) is 0 Å². The van der Waals surface area contributed by atoms with Gasteiger partial charge in [-0.25, -0.2) is 4.79 Å². The Balaban J connectivity index is 2.27. The summed E-state index contributed by atoms with van der Waals surface area (Å²) in [7, 11) is 1.39. The van der Waals surface area contributed by atoms with Crippen molar-refractivity contribution in [3.05, 3.63) is 12.2 Å². The summed E-state index contributed by atoms with van der Waals surface area (Å²) >= 11 is 0. The van der Waals surface area contributed by atoms with Gasteiger partial charge in [0.05, 0.1) is 13.7 Å². The summed E-state index contributed by atoms with van der Waals surface area (Å²) in [6.45, 7) is 1.18. The number of quaternary nitrogens is 1. The maximum Gasteiger partial charge on any atom is 0.330 e. The average molecular weight is 156 g/mol. The molecule has 2 N–H and O–H groups in total. The van der Waals surface area contributed by atoms with Gasteiger partial charge in [0.2, 0.25) is 0 Å². The van der Waals surface area contributed by atoms with Gasteiger partial charge in [0.15, 0.2) is 0 Å². The summed E-state index contributed by atoms with van der Waals surface area (Å²) in [6.07, 6.45) is 5.84. The molecule has 3 nitrogen and oxygen atoms in total. The molecule has 0 aromatic rings. The van der Waals surface area contributed by atoms with E-state index in [-0.39, 0.29) is 5.97 Å². The van der Waals surface area contributed by atoms with E-state index in [1.807, 2.05) is 6.08 Å². The van der Waals surface area contributed by atoms with Gasteiger partial charge in [-0.1, -0.05) is 0 Å². The highest BCUT2D eigenvalue weighted by atomic mass is 16.5. The molecule has 1 aliphatic heterocycles. The minimum atomic E-state index is -0.259. The van der Waals surface area contributed by atoms with Gasteiger partial charge < -0.3 is 10.1 Å². The van der Waals surface area contributed by atoms with Crippen LogP contribution < -0.4 is 5.32 Å². The molecule has 1 aliphatic rings. The van der Waals surface area contributed by atoms with E-state index in [4.69, 9.17) is 0 Å². The van der Waals surface area contributed by atoms with Crippen LogP contribution in [-0.2, 0) is 9.53 Å². The van der Waals surface area contributed by atoms with E-state index in [1.165, 1.54) is 32.6 Å². The number of esters is 1. The molecule has 0 aromatic heterocycles. The molecule has 1 saturated heterocycles. The predicted molar refractivity (Wildman–Crippen MR) is 41.0 cm³/mol. The summed E-state index contributed by atoms with van der Waals surface area (Å²) in [5, 5.41) is 2.24. The SMILES string of the molecule is COC(=O)/C=C/[C@@H]1CCC[NH2+]1. The molecule has 0 aromatic carbocycles. The Bertz CT molecular complexity index is 159. The lowest BCUT2D eigenvalue weighted by atomic mass is 10.2. The maximum absolute atomic E-state index is 10.6. The molecular formula is C8H14NO2+. The number of carbonyl (C=O) groups is 1. The molecule has 1 heterocycles. The van der Waals surface area contributed by atoms with E-state index in [2.05, 4.69) is 10.1 Å². The predicted octanol–water partition coefficient (Wildman–Crippen LogP) is -0.559. The van der Waals surface area contributed by atoms with Crippen molar-refractivity contribution in [1.82, 2.24) is 0 Å². The fourth-order valence-electron chi connectivity index (χ4n) is 1.25. The molecule has 0 radical (unpaired) electrons. The lowest BCUT2D eigenvalue weighted by Gasteiger charge is -1.97. The zero-order valence-corrected chi connectivity index (χ0v) is 6.75.